The summed E-state index contributed by atoms with van der Waals surface area (Å²) in [5.74, 6) is -0.378. The molecule has 1 aromatic rings. The van der Waals surface area contributed by atoms with Crippen LogP contribution in [0.25, 0.3) is 0 Å². The Balaban J connectivity index is 0.00000484. The summed E-state index contributed by atoms with van der Waals surface area (Å²) >= 11 is 1.06. The summed E-state index contributed by atoms with van der Waals surface area (Å²) in [6.45, 7) is 7.58. The number of carbonyl (C=O) groups is 1. The highest BCUT2D eigenvalue weighted by Gasteiger charge is 2.34. The van der Waals surface area contributed by atoms with E-state index in [1.54, 1.807) is 19.2 Å². The molecule has 0 saturated heterocycles. The Morgan fingerprint density at radius 1 is 1.48 bits per heavy atom. The third kappa shape index (κ3) is 5.42. The van der Waals surface area contributed by atoms with Gasteiger partial charge in [0.25, 0.3) is 0 Å². The van der Waals surface area contributed by atoms with E-state index in [1.165, 1.54) is 7.11 Å². The Kier molecular flexibility index (Phi) is 8.19. The van der Waals surface area contributed by atoms with E-state index < -0.39 is 21.5 Å². The van der Waals surface area contributed by atoms with E-state index in [0.717, 1.165) is 11.3 Å². The van der Waals surface area contributed by atoms with E-state index in [2.05, 4.69) is 9.46 Å². The number of hydrogen-bond donors (Lipinski definition) is 2. The predicted octanol–water partition coefficient (Wildman–Crippen LogP) is 2.31. The van der Waals surface area contributed by atoms with Crippen LogP contribution >= 0.6 is 23.7 Å². The third-order valence-electron chi connectivity index (χ3n) is 3.25. The van der Waals surface area contributed by atoms with E-state index >= 15 is 0 Å². The number of esters is 1. The van der Waals surface area contributed by atoms with Crippen molar-refractivity contribution in [1.29, 1.82) is 0 Å². The number of nitrogens with two attached hydrogens (primary N) is 1. The average Bonchev–Trinajstić information content (AvgIpc) is 2.79. The topological polar surface area (TPSA) is 98.5 Å². The number of sulfonamides is 1. The fourth-order valence-electron chi connectivity index (χ4n) is 2.44. The molecule has 1 atom stereocenters. The van der Waals surface area contributed by atoms with E-state index in [0.29, 0.717) is 12.0 Å². The van der Waals surface area contributed by atoms with Crippen LogP contribution in [-0.4, -0.2) is 33.6 Å². The maximum atomic E-state index is 12.7. The van der Waals surface area contributed by atoms with E-state index in [-0.39, 0.29) is 34.6 Å². The van der Waals surface area contributed by atoms with Crippen molar-refractivity contribution in [3.8, 4) is 0 Å². The Morgan fingerprint density at radius 3 is 2.48 bits per heavy atom. The smallest absolute Gasteiger partial charge is 0.349 e. The van der Waals surface area contributed by atoms with Gasteiger partial charge in [0.2, 0.25) is 10.0 Å². The molecule has 0 aliphatic heterocycles. The van der Waals surface area contributed by atoms with Crippen LogP contribution in [-0.2, 0) is 14.8 Å². The molecular weight excluding hydrogens is 360 g/mol. The summed E-state index contributed by atoms with van der Waals surface area (Å²) in [4.78, 5) is 11.8. The number of aryl methyl sites for hydroxylation is 1. The Bertz CT molecular complexity index is 643. The normalized spacial score (nSPS) is 14.2. The minimum Gasteiger partial charge on any atom is -0.465 e. The van der Waals surface area contributed by atoms with Crippen molar-refractivity contribution < 1.29 is 17.9 Å². The summed E-state index contributed by atoms with van der Waals surface area (Å²) in [6, 6.07) is 0. The van der Waals surface area contributed by atoms with Crippen LogP contribution in [0.4, 0.5) is 0 Å². The summed E-state index contributed by atoms with van der Waals surface area (Å²) in [6.07, 6.45) is 0.597. The van der Waals surface area contributed by atoms with E-state index in [1.807, 2.05) is 13.8 Å². The van der Waals surface area contributed by atoms with Crippen LogP contribution in [0.2, 0.25) is 0 Å². The number of rotatable bonds is 7. The fourth-order valence-corrected chi connectivity index (χ4v) is 5.58. The molecule has 1 rings (SSSR count). The first-order valence-electron chi connectivity index (χ1n) is 6.96. The second-order valence-electron chi connectivity index (χ2n) is 6.04. The first-order chi connectivity index (χ1) is 10.1. The number of hydrogen-bond acceptors (Lipinski definition) is 6. The molecule has 134 valence electrons. The molecule has 0 bridgehead atoms. The highest BCUT2D eigenvalue weighted by Crippen LogP contribution is 2.29. The second-order valence-corrected chi connectivity index (χ2v) is 8.54. The quantitative estimate of drug-likeness (QED) is 0.703. The molecule has 3 N–H and O–H groups in total. The molecule has 6 nitrogen and oxygen atoms in total. The summed E-state index contributed by atoms with van der Waals surface area (Å²) in [5.41, 5.74) is 5.51. The van der Waals surface area contributed by atoms with Crippen LogP contribution in [0, 0.1) is 12.8 Å². The zero-order valence-electron chi connectivity index (χ0n) is 14.0. The van der Waals surface area contributed by atoms with Gasteiger partial charge in [-0.1, -0.05) is 13.8 Å². The lowest BCUT2D eigenvalue weighted by Gasteiger charge is -2.30. The van der Waals surface area contributed by atoms with Crippen molar-refractivity contribution in [2.24, 2.45) is 11.7 Å². The average molecular weight is 385 g/mol. The number of ether oxygens (including phenoxy) is 1. The Labute approximate surface area is 148 Å². The maximum absolute atomic E-state index is 12.7. The third-order valence-corrected chi connectivity index (χ3v) is 6.28. The lowest BCUT2D eigenvalue weighted by molar-refractivity contribution is 0.0602. The van der Waals surface area contributed by atoms with Crippen LogP contribution in [0.3, 0.4) is 0 Å². The number of carbonyl (C=O) groups excluding carboxylic acids is 1. The SMILES string of the molecule is COC(=O)c1scc(C)c1S(=O)(=O)NC(C)(CN)CC(C)C.Cl. The number of methoxy groups -OCH3 is 1. The highest BCUT2D eigenvalue weighted by molar-refractivity contribution is 7.89. The first kappa shape index (κ1) is 22.3. The molecule has 0 fully saturated rings. The molecule has 0 saturated carbocycles. The van der Waals surface area contributed by atoms with E-state index in [4.69, 9.17) is 5.73 Å². The molecule has 1 heterocycles. The summed E-state index contributed by atoms with van der Waals surface area (Å²) < 4.78 is 32.8. The molecule has 9 heteroatoms. The minimum absolute atomic E-state index is 0. The highest BCUT2D eigenvalue weighted by atomic mass is 35.5. The number of thiophene rings is 1. The van der Waals surface area contributed by atoms with Gasteiger partial charge in [-0.2, -0.15) is 0 Å². The van der Waals surface area contributed by atoms with Gasteiger partial charge < -0.3 is 10.5 Å². The molecule has 0 spiro atoms. The molecule has 0 amide bonds. The number of nitrogens with one attached hydrogen (secondary N) is 1. The van der Waals surface area contributed by atoms with Crippen molar-refractivity contribution in [1.82, 2.24) is 4.72 Å². The number of halogens is 1. The van der Waals surface area contributed by atoms with Crippen LogP contribution in [0.1, 0.15) is 42.4 Å². The molecule has 0 aromatic carbocycles. The van der Waals surface area contributed by atoms with Gasteiger partial charge in [-0.15, -0.1) is 23.7 Å². The fraction of sp³-hybridized carbons (Fsp3) is 0.643. The monoisotopic (exact) mass is 384 g/mol. The predicted molar refractivity (Wildman–Crippen MR) is 94.9 cm³/mol. The van der Waals surface area contributed by atoms with Crippen LogP contribution in [0.15, 0.2) is 10.3 Å². The van der Waals surface area contributed by atoms with Crippen molar-refractivity contribution in [2.75, 3.05) is 13.7 Å². The van der Waals surface area contributed by atoms with Gasteiger partial charge in [0, 0.05) is 12.1 Å². The maximum Gasteiger partial charge on any atom is 0.349 e. The molecule has 0 radical (unpaired) electrons. The van der Waals surface area contributed by atoms with Crippen LogP contribution < -0.4 is 10.5 Å². The molecule has 23 heavy (non-hydrogen) atoms. The lowest BCUT2D eigenvalue weighted by Crippen LogP contribution is -2.52. The summed E-state index contributed by atoms with van der Waals surface area (Å²) in [7, 11) is -2.64. The van der Waals surface area contributed by atoms with Gasteiger partial charge >= 0.3 is 5.97 Å². The Morgan fingerprint density at radius 2 is 2.04 bits per heavy atom. The minimum atomic E-state index is -3.87. The van der Waals surface area contributed by atoms with E-state index in [9.17, 15) is 13.2 Å². The van der Waals surface area contributed by atoms with Gasteiger partial charge in [-0.3, -0.25) is 0 Å². The van der Waals surface area contributed by atoms with Gasteiger partial charge in [-0.05, 0) is 37.1 Å². The largest absolute Gasteiger partial charge is 0.465 e. The van der Waals surface area contributed by atoms with Crippen molar-refractivity contribution in [2.45, 2.75) is 44.6 Å². The van der Waals surface area contributed by atoms with Crippen molar-refractivity contribution in [3.63, 3.8) is 0 Å². The van der Waals surface area contributed by atoms with Gasteiger partial charge in [0.05, 0.1) is 7.11 Å². The molecule has 1 unspecified atom stereocenters. The second kappa shape index (κ2) is 8.43. The van der Waals surface area contributed by atoms with Crippen molar-refractivity contribution >= 4 is 39.7 Å². The van der Waals surface area contributed by atoms with Gasteiger partial charge in [-0.25, -0.2) is 17.9 Å². The Hall–Kier alpha value is -0.670. The first-order valence-corrected chi connectivity index (χ1v) is 9.33. The lowest BCUT2D eigenvalue weighted by atomic mass is 9.92. The van der Waals surface area contributed by atoms with Gasteiger partial charge in [0.1, 0.15) is 9.77 Å². The summed E-state index contributed by atoms with van der Waals surface area (Å²) in [5, 5.41) is 1.63. The standard InChI is InChI=1S/C14H24N2O4S2.ClH/c1-9(2)6-14(4,8-15)16-22(18,19)12-10(3)7-21-11(12)13(17)20-5;/h7,9,16H,6,8,15H2,1-5H3;1H. The zero-order valence-corrected chi connectivity index (χ0v) is 16.5. The molecule has 0 aliphatic rings. The van der Waals surface area contributed by atoms with Crippen molar-refractivity contribution in [3.05, 3.63) is 15.8 Å². The molecule has 1 aromatic heterocycles. The van der Waals surface area contributed by atoms with Crippen LogP contribution in [0.5, 0.6) is 0 Å². The zero-order chi connectivity index (χ0) is 17.1. The molecule has 0 aliphatic carbocycles. The molecular formula is C14H25ClN2O4S2. The van der Waals surface area contributed by atoms with Gasteiger partial charge in [0.15, 0.2) is 0 Å².